The summed E-state index contributed by atoms with van der Waals surface area (Å²) in [6, 6.07) is 20.6. The number of rotatable bonds is 23. The summed E-state index contributed by atoms with van der Waals surface area (Å²) in [7, 11) is -3.52. The Kier molecular flexibility index (Phi) is 21.8. The molecule has 5 saturated heterocycles. The number of piperazine rings is 1. The molecule has 0 radical (unpaired) electrons. The maximum Gasteiger partial charge on any atom is 0.410 e. The summed E-state index contributed by atoms with van der Waals surface area (Å²) in [6.07, 6.45) is 8.81. The number of amides is 2. The van der Waals surface area contributed by atoms with Crippen LogP contribution in [0.4, 0.5) is 9.59 Å². The molecule has 0 aliphatic carbocycles. The second-order valence-electron chi connectivity index (χ2n) is 19.2. The van der Waals surface area contributed by atoms with Crippen LogP contribution in [0.25, 0.3) is 0 Å². The van der Waals surface area contributed by atoms with Crippen molar-refractivity contribution in [3.05, 3.63) is 71.8 Å². The highest BCUT2D eigenvalue weighted by Gasteiger charge is 2.36. The summed E-state index contributed by atoms with van der Waals surface area (Å²) in [4.78, 5) is 61.9. The molecule has 0 bridgehead atoms. The summed E-state index contributed by atoms with van der Waals surface area (Å²) in [5, 5.41) is 0. The fourth-order valence-electron chi connectivity index (χ4n) is 10.1. The average molecular weight is 983 g/mol. The predicted molar refractivity (Wildman–Crippen MR) is 262 cm³/mol. The number of nitrogens with zero attached hydrogens (tertiary/aromatic N) is 6. The third-order valence-electron chi connectivity index (χ3n) is 13.9. The summed E-state index contributed by atoms with van der Waals surface area (Å²) in [5.41, 5.74) is 2.74. The average Bonchev–Trinajstić information content (AvgIpc) is 3.88. The van der Waals surface area contributed by atoms with Gasteiger partial charge in [-0.15, -0.1) is 0 Å². The van der Waals surface area contributed by atoms with E-state index in [4.69, 9.17) is 23.1 Å². The number of carbonyl (C=O) groups is 4. The van der Waals surface area contributed by atoms with Gasteiger partial charge in [0, 0.05) is 58.9 Å². The first-order valence-corrected chi connectivity index (χ1v) is 27.2. The fourth-order valence-corrected chi connectivity index (χ4v) is 10.5. The van der Waals surface area contributed by atoms with Gasteiger partial charge in [-0.05, 0) is 114 Å². The number of likely N-dealkylation sites (tertiary alicyclic amines) is 2. The first-order chi connectivity index (χ1) is 33.3. The van der Waals surface area contributed by atoms with Gasteiger partial charge in [0.1, 0.15) is 24.9 Å². The van der Waals surface area contributed by atoms with Crippen molar-refractivity contribution in [2.45, 2.75) is 103 Å². The van der Waals surface area contributed by atoms with Gasteiger partial charge in [0.25, 0.3) is 10.1 Å². The van der Waals surface area contributed by atoms with Gasteiger partial charge < -0.3 is 28.7 Å². The Morgan fingerprint density at radius 1 is 0.652 bits per heavy atom. The predicted octanol–water partition coefficient (Wildman–Crippen LogP) is 5.48. The third kappa shape index (κ3) is 18.7. The fraction of sp³-hybridized carbons (Fsp3) is 0.686. The van der Waals surface area contributed by atoms with Crippen molar-refractivity contribution in [2.24, 2.45) is 11.8 Å². The second-order valence-corrected chi connectivity index (χ2v) is 20.8. The Morgan fingerprint density at radius 3 is 1.61 bits per heavy atom. The van der Waals surface area contributed by atoms with E-state index in [0.717, 1.165) is 96.8 Å². The van der Waals surface area contributed by atoms with Gasteiger partial charge in [0.2, 0.25) is 0 Å². The van der Waals surface area contributed by atoms with Crippen molar-refractivity contribution in [1.29, 1.82) is 0 Å². The number of cyclic esters (lactones) is 2. The molecule has 7 rings (SSSR count). The van der Waals surface area contributed by atoms with E-state index in [1.54, 1.807) is 18.7 Å². The van der Waals surface area contributed by atoms with Crippen molar-refractivity contribution in [1.82, 2.24) is 29.4 Å². The molecule has 3 unspecified atom stereocenters. The molecular formula is C51H78N6O11S. The molecule has 2 amide bonds. The van der Waals surface area contributed by atoms with Crippen molar-refractivity contribution >= 4 is 34.2 Å². The molecule has 2 aromatic carbocycles. The quantitative estimate of drug-likeness (QED) is 0.0780. The molecule has 18 heteroatoms. The van der Waals surface area contributed by atoms with Crippen LogP contribution in [0, 0.1) is 11.8 Å². The van der Waals surface area contributed by atoms with E-state index in [1.807, 2.05) is 15.9 Å². The number of hydrogen-bond acceptors (Lipinski definition) is 15. The molecule has 5 aliphatic rings. The first kappa shape index (κ1) is 54.0. The minimum Gasteiger partial charge on any atom is -0.466 e. The van der Waals surface area contributed by atoms with Gasteiger partial charge in [-0.25, -0.2) is 9.59 Å². The Balaban J connectivity index is 0.000000243. The van der Waals surface area contributed by atoms with Crippen LogP contribution < -0.4 is 0 Å². The van der Waals surface area contributed by atoms with Crippen molar-refractivity contribution in [3.8, 4) is 0 Å². The first-order valence-electron chi connectivity index (χ1n) is 25.4. The van der Waals surface area contributed by atoms with Crippen molar-refractivity contribution < 1.29 is 50.7 Å². The number of ether oxygens (including phenoxy) is 4. The van der Waals surface area contributed by atoms with E-state index in [-0.39, 0.29) is 56.5 Å². The summed E-state index contributed by atoms with van der Waals surface area (Å²) in [6.45, 7) is 16.4. The van der Waals surface area contributed by atoms with Crippen LogP contribution in [-0.4, -0.2) is 191 Å². The van der Waals surface area contributed by atoms with Crippen molar-refractivity contribution in [3.63, 3.8) is 0 Å². The lowest BCUT2D eigenvalue weighted by atomic mass is 9.92. The molecule has 5 fully saturated rings. The standard InChI is InChI=1S/C31H48N4O6.C20H30N2O5S/c1-3-39-29(36)21-28(30(37)40-4-2)34-19-17-33(18-20-34)23-27-24-35(31(38)41-27)14-8-11-25-12-15-32(16-13-25)22-26-9-6-5-7-10-26;1-28(24,25)26-16-19-15-22(20(23)27-19)11-5-8-17-9-12-21(13-10-17)14-18-6-3-2-4-7-18/h5-7,9-10,25,27-28H,3-4,8,11-24H2,1-2H3;2-4,6-7,17,19H,5,8-16H2,1H3. The molecule has 0 N–H and O–H groups in total. The van der Waals surface area contributed by atoms with E-state index >= 15 is 0 Å². The maximum atomic E-state index is 12.5. The lowest BCUT2D eigenvalue weighted by molar-refractivity contribution is -0.157. The zero-order valence-corrected chi connectivity index (χ0v) is 42.2. The number of benzene rings is 2. The van der Waals surface area contributed by atoms with E-state index in [1.165, 1.54) is 36.8 Å². The second kappa shape index (κ2) is 27.9. The Bertz CT molecular complexity index is 1980. The minimum atomic E-state index is -3.52. The van der Waals surface area contributed by atoms with E-state index in [2.05, 4.69) is 69.3 Å². The van der Waals surface area contributed by atoms with E-state index in [0.29, 0.717) is 45.2 Å². The SMILES string of the molecule is CCOC(=O)CC(C(=O)OCC)N1CCN(CC2CN(CCCC3CCN(Cc4ccccc4)CC3)C(=O)O2)CC1.CS(=O)(=O)OCC1CN(CCCC2CCN(Cc3ccccc3)CC2)C(=O)O1. The zero-order valence-electron chi connectivity index (χ0n) is 41.3. The van der Waals surface area contributed by atoms with Crippen LogP contribution in [0.15, 0.2) is 60.7 Å². The van der Waals surface area contributed by atoms with E-state index in [9.17, 15) is 27.6 Å². The molecule has 0 aromatic heterocycles. The molecule has 2 aromatic rings. The van der Waals surface area contributed by atoms with Crippen LogP contribution in [0.2, 0.25) is 0 Å². The Labute approximate surface area is 410 Å². The van der Waals surface area contributed by atoms with Gasteiger partial charge >= 0.3 is 24.1 Å². The van der Waals surface area contributed by atoms with Crippen LogP contribution in [0.1, 0.15) is 82.8 Å². The molecule has 0 saturated carbocycles. The molecular weight excluding hydrogens is 905 g/mol. The van der Waals surface area contributed by atoms with Gasteiger partial charge in [-0.2, -0.15) is 8.42 Å². The summed E-state index contributed by atoms with van der Waals surface area (Å²) < 4.78 is 48.0. The molecule has 0 spiro atoms. The van der Waals surface area contributed by atoms with Crippen LogP contribution in [-0.2, 0) is 55.9 Å². The summed E-state index contributed by atoms with van der Waals surface area (Å²) >= 11 is 0. The third-order valence-corrected chi connectivity index (χ3v) is 14.5. The zero-order chi connectivity index (χ0) is 49.0. The van der Waals surface area contributed by atoms with Crippen LogP contribution in [0.3, 0.4) is 0 Å². The highest BCUT2D eigenvalue weighted by atomic mass is 32.2. The van der Waals surface area contributed by atoms with Gasteiger partial charge in [-0.3, -0.25) is 33.4 Å². The monoisotopic (exact) mass is 983 g/mol. The number of hydrogen-bond donors (Lipinski definition) is 0. The van der Waals surface area contributed by atoms with Crippen molar-refractivity contribution in [2.75, 3.05) is 111 Å². The van der Waals surface area contributed by atoms with Crippen LogP contribution >= 0.6 is 0 Å². The van der Waals surface area contributed by atoms with Crippen LogP contribution in [0.5, 0.6) is 0 Å². The highest BCUT2D eigenvalue weighted by molar-refractivity contribution is 7.85. The summed E-state index contributed by atoms with van der Waals surface area (Å²) in [5.74, 6) is 0.663. The molecule has 384 valence electrons. The topological polar surface area (TPSA) is 168 Å². The lowest BCUT2D eigenvalue weighted by Crippen LogP contribution is -2.54. The highest BCUT2D eigenvalue weighted by Crippen LogP contribution is 2.26. The van der Waals surface area contributed by atoms with Gasteiger partial charge in [0.15, 0.2) is 0 Å². The van der Waals surface area contributed by atoms with Gasteiger partial charge in [-0.1, -0.05) is 60.7 Å². The molecule has 69 heavy (non-hydrogen) atoms. The largest absolute Gasteiger partial charge is 0.466 e. The lowest BCUT2D eigenvalue weighted by Gasteiger charge is -2.38. The molecule has 3 atom stereocenters. The van der Waals surface area contributed by atoms with E-state index < -0.39 is 22.3 Å². The minimum absolute atomic E-state index is 0.00529. The molecule has 5 heterocycles. The Hall–Kier alpha value is -4.33. The smallest absolute Gasteiger partial charge is 0.410 e. The number of piperidine rings is 2. The molecule has 5 aliphatic heterocycles. The van der Waals surface area contributed by atoms with Gasteiger partial charge in [0.05, 0.1) is 39.0 Å². The normalized spacial score (nSPS) is 21.9. The molecule has 17 nitrogen and oxygen atoms in total. The number of esters is 2. The Morgan fingerprint density at radius 2 is 1.13 bits per heavy atom. The number of carbonyl (C=O) groups excluding carboxylic acids is 4. The maximum absolute atomic E-state index is 12.5.